The zero-order valence-electron chi connectivity index (χ0n) is 9.17. The molecule has 0 unspecified atom stereocenters. The van der Waals surface area contributed by atoms with Gasteiger partial charge >= 0.3 is 0 Å². The van der Waals surface area contributed by atoms with E-state index in [2.05, 4.69) is 5.32 Å². The number of hydrogen-bond acceptors (Lipinski definition) is 5. The van der Waals surface area contributed by atoms with Crippen LogP contribution in [0.15, 0.2) is 28.0 Å². The van der Waals surface area contributed by atoms with Crippen LogP contribution in [0.1, 0.15) is 0 Å². The SMILES string of the molecule is CS(=O)(=O)c1cc(NC=O)cc(S(C)(=O)=O)c1. The summed E-state index contributed by atoms with van der Waals surface area (Å²) in [4.78, 5) is 9.96. The topological polar surface area (TPSA) is 97.4 Å². The van der Waals surface area contributed by atoms with E-state index in [1.54, 1.807) is 0 Å². The highest BCUT2D eigenvalue weighted by molar-refractivity contribution is 7.91. The van der Waals surface area contributed by atoms with Crippen LogP contribution in [0, 0.1) is 0 Å². The molecule has 0 aromatic heterocycles. The minimum atomic E-state index is -3.55. The van der Waals surface area contributed by atoms with Gasteiger partial charge in [0.1, 0.15) is 0 Å². The maximum Gasteiger partial charge on any atom is 0.211 e. The van der Waals surface area contributed by atoms with E-state index in [-0.39, 0.29) is 15.5 Å². The van der Waals surface area contributed by atoms with Gasteiger partial charge in [0.15, 0.2) is 19.7 Å². The molecule has 0 radical (unpaired) electrons. The van der Waals surface area contributed by atoms with Gasteiger partial charge in [-0.1, -0.05) is 0 Å². The van der Waals surface area contributed by atoms with Gasteiger partial charge in [0.25, 0.3) is 0 Å². The van der Waals surface area contributed by atoms with E-state index >= 15 is 0 Å². The average molecular weight is 277 g/mol. The maximum absolute atomic E-state index is 11.4. The third-order valence-electron chi connectivity index (χ3n) is 1.96. The third-order valence-corrected chi connectivity index (χ3v) is 4.15. The van der Waals surface area contributed by atoms with Crippen molar-refractivity contribution < 1.29 is 21.6 Å². The van der Waals surface area contributed by atoms with Crippen LogP contribution in [-0.4, -0.2) is 35.8 Å². The Hall–Kier alpha value is -1.41. The number of rotatable bonds is 4. The maximum atomic E-state index is 11.4. The molecule has 0 bridgehead atoms. The Morgan fingerprint density at radius 3 is 1.65 bits per heavy atom. The van der Waals surface area contributed by atoms with Crippen molar-refractivity contribution >= 4 is 31.8 Å². The first-order chi connectivity index (χ1) is 7.64. The largest absolute Gasteiger partial charge is 0.329 e. The predicted molar refractivity (Wildman–Crippen MR) is 62.3 cm³/mol. The molecule has 1 rings (SSSR count). The summed E-state index contributed by atoms with van der Waals surface area (Å²) in [7, 11) is -7.09. The zero-order chi connectivity index (χ0) is 13.3. The minimum Gasteiger partial charge on any atom is -0.329 e. The number of carbonyl (C=O) groups excluding carboxylic acids is 1. The van der Waals surface area contributed by atoms with Gasteiger partial charge in [0.05, 0.1) is 9.79 Å². The quantitative estimate of drug-likeness (QED) is 0.785. The van der Waals surface area contributed by atoms with Gasteiger partial charge < -0.3 is 5.32 Å². The molecule has 1 aromatic rings. The van der Waals surface area contributed by atoms with Crippen LogP contribution in [0.5, 0.6) is 0 Å². The van der Waals surface area contributed by atoms with Crippen LogP contribution >= 0.6 is 0 Å². The highest BCUT2D eigenvalue weighted by Crippen LogP contribution is 2.21. The summed E-state index contributed by atoms with van der Waals surface area (Å²) in [5.41, 5.74) is 0.114. The third kappa shape index (κ3) is 3.53. The molecule has 0 spiro atoms. The molecule has 0 aliphatic heterocycles. The number of carbonyl (C=O) groups is 1. The van der Waals surface area contributed by atoms with Gasteiger partial charge in [-0.2, -0.15) is 0 Å². The molecule has 0 heterocycles. The Labute approximate surface area is 99.5 Å². The number of anilines is 1. The summed E-state index contributed by atoms with van der Waals surface area (Å²) in [6.45, 7) is 0. The summed E-state index contributed by atoms with van der Waals surface area (Å²) >= 11 is 0. The van der Waals surface area contributed by atoms with E-state index in [0.29, 0.717) is 6.41 Å². The molecule has 1 amide bonds. The molecule has 0 fully saturated rings. The van der Waals surface area contributed by atoms with Crippen molar-refractivity contribution in [2.24, 2.45) is 0 Å². The Kier molecular flexibility index (Phi) is 3.58. The second kappa shape index (κ2) is 4.46. The van der Waals surface area contributed by atoms with Crippen molar-refractivity contribution in [3.8, 4) is 0 Å². The highest BCUT2D eigenvalue weighted by Gasteiger charge is 2.15. The number of benzene rings is 1. The molecule has 0 aliphatic rings. The molecule has 8 heteroatoms. The zero-order valence-corrected chi connectivity index (χ0v) is 10.8. The Bertz CT molecular complexity index is 596. The van der Waals surface area contributed by atoms with Crippen LogP contribution in [0.25, 0.3) is 0 Å². The second-order valence-electron chi connectivity index (χ2n) is 3.50. The van der Waals surface area contributed by atoms with Crippen molar-refractivity contribution in [2.75, 3.05) is 17.8 Å². The van der Waals surface area contributed by atoms with Gasteiger partial charge in [-0.15, -0.1) is 0 Å². The monoisotopic (exact) mass is 277 g/mol. The summed E-state index contributed by atoms with van der Waals surface area (Å²) < 4.78 is 45.4. The summed E-state index contributed by atoms with van der Waals surface area (Å²) in [5.74, 6) is 0. The van der Waals surface area contributed by atoms with E-state index in [9.17, 15) is 21.6 Å². The number of hydrogen-bond donors (Lipinski definition) is 1. The normalized spacial score (nSPS) is 12.1. The van der Waals surface area contributed by atoms with Crippen LogP contribution < -0.4 is 5.32 Å². The van der Waals surface area contributed by atoms with Crippen molar-refractivity contribution in [3.05, 3.63) is 18.2 Å². The molecular weight excluding hydrogens is 266 g/mol. The lowest BCUT2D eigenvalue weighted by Gasteiger charge is -2.06. The molecule has 17 heavy (non-hydrogen) atoms. The first kappa shape index (κ1) is 13.7. The minimum absolute atomic E-state index is 0.114. The van der Waals surface area contributed by atoms with Gasteiger partial charge in [-0.3, -0.25) is 4.79 Å². The van der Waals surface area contributed by atoms with Crippen LogP contribution in [-0.2, 0) is 24.5 Å². The summed E-state index contributed by atoms with van der Waals surface area (Å²) in [6.07, 6.45) is 2.26. The molecular formula is C9H11NO5S2. The molecule has 0 atom stereocenters. The fourth-order valence-corrected chi connectivity index (χ4v) is 2.59. The molecule has 1 N–H and O–H groups in total. The molecule has 0 saturated carbocycles. The Morgan fingerprint density at radius 1 is 0.941 bits per heavy atom. The van der Waals surface area contributed by atoms with Crippen molar-refractivity contribution in [2.45, 2.75) is 9.79 Å². The second-order valence-corrected chi connectivity index (χ2v) is 7.53. The smallest absolute Gasteiger partial charge is 0.211 e. The van der Waals surface area contributed by atoms with Crippen LogP contribution in [0.2, 0.25) is 0 Å². The predicted octanol–water partition coefficient (Wildman–Crippen LogP) is 0.0619. The lowest BCUT2D eigenvalue weighted by Crippen LogP contribution is -2.05. The number of amides is 1. The molecule has 94 valence electrons. The van der Waals surface area contributed by atoms with E-state index < -0.39 is 19.7 Å². The summed E-state index contributed by atoms with van der Waals surface area (Å²) in [5, 5.41) is 2.22. The van der Waals surface area contributed by atoms with Crippen LogP contribution in [0.4, 0.5) is 5.69 Å². The first-order valence-electron chi connectivity index (χ1n) is 4.40. The standard InChI is InChI=1S/C9H11NO5S2/c1-16(12,13)8-3-7(10-6-11)4-9(5-8)17(2,14)15/h3-6H,1-2H3,(H,10,11). The van der Waals surface area contributed by atoms with E-state index in [1.807, 2.05) is 0 Å². The van der Waals surface area contributed by atoms with Gasteiger partial charge in [0.2, 0.25) is 6.41 Å². The molecule has 6 nitrogen and oxygen atoms in total. The van der Waals surface area contributed by atoms with Gasteiger partial charge in [-0.25, -0.2) is 16.8 Å². The number of sulfone groups is 2. The van der Waals surface area contributed by atoms with Gasteiger partial charge in [0, 0.05) is 18.2 Å². The fourth-order valence-electron chi connectivity index (χ4n) is 1.15. The van der Waals surface area contributed by atoms with Crippen molar-refractivity contribution in [3.63, 3.8) is 0 Å². The number of nitrogens with one attached hydrogen (secondary N) is 1. The van der Waals surface area contributed by atoms with Crippen molar-refractivity contribution in [1.82, 2.24) is 0 Å². The van der Waals surface area contributed by atoms with Gasteiger partial charge in [-0.05, 0) is 18.2 Å². The van der Waals surface area contributed by atoms with E-state index in [1.165, 1.54) is 12.1 Å². The van der Waals surface area contributed by atoms with E-state index in [4.69, 9.17) is 0 Å². The Balaban J connectivity index is 3.56. The lowest BCUT2D eigenvalue weighted by molar-refractivity contribution is -0.105. The Morgan fingerprint density at radius 2 is 1.35 bits per heavy atom. The average Bonchev–Trinajstić information content (AvgIpc) is 2.15. The molecule has 0 saturated heterocycles. The van der Waals surface area contributed by atoms with Crippen molar-refractivity contribution in [1.29, 1.82) is 0 Å². The first-order valence-corrected chi connectivity index (χ1v) is 8.18. The van der Waals surface area contributed by atoms with Crippen LogP contribution in [0.3, 0.4) is 0 Å². The summed E-state index contributed by atoms with van der Waals surface area (Å²) in [6, 6.07) is 3.44. The fraction of sp³-hybridized carbons (Fsp3) is 0.222. The lowest BCUT2D eigenvalue weighted by atomic mass is 10.3. The molecule has 0 aliphatic carbocycles. The van der Waals surface area contributed by atoms with E-state index in [0.717, 1.165) is 18.6 Å². The highest BCUT2D eigenvalue weighted by atomic mass is 32.2. The molecule has 1 aromatic carbocycles.